The second-order valence-corrected chi connectivity index (χ2v) is 2.55. The third-order valence-corrected chi connectivity index (χ3v) is 1.58. The van der Waals surface area contributed by atoms with Crippen LogP contribution in [0.25, 0.3) is 0 Å². The van der Waals surface area contributed by atoms with Gasteiger partial charge in [-0.15, -0.1) is 0 Å². The molecular weight excluding hydrogens is 146 g/mol. The molecule has 0 saturated heterocycles. The zero-order valence-corrected chi connectivity index (χ0v) is 6.23. The molecule has 11 heavy (non-hydrogen) atoms. The van der Waals surface area contributed by atoms with Crippen molar-refractivity contribution < 1.29 is 14.6 Å². The molecule has 1 rings (SSSR count). The largest absolute Gasteiger partial charge is 0.480 e. The van der Waals surface area contributed by atoms with Crippen molar-refractivity contribution in [1.29, 1.82) is 0 Å². The standard InChI is InChI=1S/C7H11NO3/c1-4-2-3-5(11-4)6(8)7(9)10/h2-6H,8H2,1H3,(H,9,10)/t4-,5-,6-/m0/s1. The molecule has 3 atom stereocenters. The van der Waals surface area contributed by atoms with Gasteiger partial charge in [-0.3, -0.25) is 4.79 Å². The number of carbonyl (C=O) groups is 1. The Bertz CT molecular complexity index is 190. The van der Waals surface area contributed by atoms with Crippen molar-refractivity contribution in [3.05, 3.63) is 12.2 Å². The van der Waals surface area contributed by atoms with Crippen LogP contribution in [0, 0.1) is 0 Å². The van der Waals surface area contributed by atoms with Gasteiger partial charge in [0.25, 0.3) is 0 Å². The lowest BCUT2D eigenvalue weighted by atomic mass is 10.2. The highest BCUT2D eigenvalue weighted by atomic mass is 16.5. The molecule has 0 amide bonds. The smallest absolute Gasteiger partial charge is 0.323 e. The molecule has 4 nitrogen and oxygen atoms in total. The predicted molar refractivity (Wildman–Crippen MR) is 39.1 cm³/mol. The van der Waals surface area contributed by atoms with Gasteiger partial charge in [-0.2, -0.15) is 0 Å². The van der Waals surface area contributed by atoms with Crippen LogP contribution in [0.2, 0.25) is 0 Å². The van der Waals surface area contributed by atoms with Gasteiger partial charge in [-0.25, -0.2) is 0 Å². The molecule has 0 aromatic rings. The van der Waals surface area contributed by atoms with Crippen LogP contribution in [0.5, 0.6) is 0 Å². The molecule has 0 bridgehead atoms. The molecule has 1 aliphatic rings. The zero-order chi connectivity index (χ0) is 8.43. The van der Waals surface area contributed by atoms with E-state index in [9.17, 15) is 4.79 Å². The summed E-state index contributed by atoms with van der Waals surface area (Å²) in [7, 11) is 0. The summed E-state index contributed by atoms with van der Waals surface area (Å²) in [6.45, 7) is 1.84. The average molecular weight is 157 g/mol. The molecule has 0 aromatic heterocycles. The lowest BCUT2D eigenvalue weighted by molar-refractivity contribution is -0.141. The SMILES string of the molecule is C[C@H]1C=C[C@@H]([C@H](N)C(=O)O)O1. The number of aliphatic carboxylic acids is 1. The van der Waals surface area contributed by atoms with Gasteiger partial charge in [0.1, 0.15) is 12.1 Å². The summed E-state index contributed by atoms with van der Waals surface area (Å²) in [6, 6.07) is -0.948. The topological polar surface area (TPSA) is 72.6 Å². The molecule has 1 aliphatic heterocycles. The summed E-state index contributed by atoms with van der Waals surface area (Å²) in [5.74, 6) is -1.03. The number of hydrogen-bond acceptors (Lipinski definition) is 3. The Hall–Kier alpha value is -0.870. The van der Waals surface area contributed by atoms with Crippen LogP contribution in [-0.2, 0) is 9.53 Å². The van der Waals surface area contributed by atoms with Crippen LogP contribution in [0.15, 0.2) is 12.2 Å². The van der Waals surface area contributed by atoms with E-state index in [1.54, 1.807) is 12.2 Å². The summed E-state index contributed by atoms with van der Waals surface area (Å²) in [5.41, 5.74) is 5.31. The average Bonchev–Trinajstić information content (AvgIpc) is 2.34. The summed E-state index contributed by atoms with van der Waals surface area (Å²) in [6.07, 6.45) is 2.99. The van der Waals surface area contributed by atoms with Crippen LogP contribution in [0.3, 0.4) is 0 Å². The molecule has 0 saturated carbocycles. The lowest BCUT2D eigenvalue weighted by Gasteiger charge is -2.14. The van der Waals surface area contributed by atoms with Gasteiger partial charge in [0.2, 0.25) is 0 Å². The molecule has 62 valence electrons. The van der Waals surface area contributed by atoms with Crippen LogP contribution in [0.1, 0.15) is 6.92 Å². The fourth-order valence-electron chi connectivity index (χ4n) is 0.949. The van der Waals surface area contributed by atoms with Gasteiger partial charge in [0, 0.05) is 0 Å². The Morgan fingerprint density at radius 2 is 2.36 bits per heavy atom. The third-order valence-electron chi connectivity index (χ3n) is 1.58. The first-order valence-electron chi connectivity index (χ1n) is 3.43. The van der Waals surface area contributed by atoms with Crippen molar-refractivity contribution in [2.75, 3.05) is 0 Å². The van der Waals surface area contributed by atoms with Gasteiger partial charge in [-0.05, 0) is 6.92 Å². The highest BCUT2D eigenvalue weighted by molar-refractivity contribution is 5.74. The van der Waals surface area contributed by atoms with Crippen molar-refractivity contribution in [2.45, 2.75) is 25.2 Å². The van der Waals surface area contributed by atoms with Crippen LogP contribution >= 0.6 is 0 Å². The first-order valence-corrected chi connectivity index (χ1v) is 3.43. The van der Waals surface area contributed by atoms with Crippen LogP contribution < -0.4 is 5.73 Å². The molecule has 0 unspecified atom stereocenters. The van der Waals surface area contributed by atoms with E-state index in [0.29, 0.717) is 0 Å². The van der Waals surface area contributed by atoms with Crippen molar-refractivity contribution in [2.24, 2.45) is 5.73 Å². The molecule has 4 heteroatoms. The van der Waals surface area contributed by atoms with Crippen molar-refractivity contribution in [3.8, 4) is 0 Å². The van der Waals surface area contributed by atoms with Gasteiger partial charge < -0.3 is 15.6 Å². The normalized spacial score (nSPS) is 32.2. The Morgan fingerprint density at radius 1 is 1.73 bits per heavy atom. The first kappa shape index (κ1) is 8.23. The molecule has 0 aliphatic carbocycles. The Labute approximate surface area is 64.6 Å². The van der Waals surface area contributed by atoms with Gasteiger partial charge >= 0.3 is 5.97 Å². The van der Waals surface area contributed by atoms with E-state index < -0.39 is 18.1 Å². The van der Waals surface area contributed by atoms with Crippen molar-refractivity contribution >= 4 is 5.97 Å². The second kappa shape index (κ2) is 3.02. The molecule has 0 aromatic carbocycles. The summed E-state index contributed by atoms with van der Waals surface area (Å²) in [5, 5.41) is 8.49. The highest BCUT2D eigenvalue weighted by Crippen LogP contribution is 2.12. The summed E-state index contributed by atoms with van der Waals surface area (Å²) in [4.78, 5) is 10.4. The Kier molecular flexibility index (Phi) is 2.26. The number of carboxylic acid groups (broad SMARTS) is 1. The highest BCUT2D eigenvalue weighted by Gasteiger charge is 2.27. The minimum absolute atomic E-state index is 0.0228. The molecule has 0 spiro atoms. The predicted octanol–water partition coefficient (Wildman–Crippen LogP) is -0.258. The second-order valence-electron chi connectivity index (χ2n) is 2.55. The van der Waals surface area contributed by atoms with Gasteiger partial charge in [0.05, 0.1) is 6.10 Å². The number of carboxylic acids is 1. The monoisotopic (exact) mass is 157 g/mol. The number of hydrogen-bond donors (Lipinski definition) is 2. The molecule has 1 heterocycles. The molecular formula is C7H11NO3. The minimum Gasteiger partial charge on any atom is -0.480 e. The maximum atomic E-state index is 10.4. The quantitative estimate of drug-likeness (QED) is 0.542. The maximum Gasteiger partial charge on any atom is 0.323 e. The molecule has 0 radical (unpaired) electrons. The lowest BCUT2D eigenvalue weighted by Crippen LogP contribution is -2.41. The van der Waals surface area contributed by atoms with E-state index in [1.165, 1.54) is 0 Å². The fraction of sp³-hybridized carbons (Fsp3) is 0.571. The van der Waals surface area contributed by atoms with E-state index in [0.717, 1.165) is 0 Å². The van der Waals surface area contributed by atoms with Crippen molar-refractivity contribution in [1.82, 2.24) is 0 Å². The Balaban J connectivity index is 2.51. The minimum atomic E-state index is -1.03. The van der Waals surface area contributed by atoms with Gasteiger partial charge in [-0.1, -0.05) is 12.2 Å². The Morgan fingerprint density at radius 3 is 2.73 bits per heavy atom. The number of ether oxygens (including phenoxy) is 1. The fourth-order valence-corrected chi connectivity index (χ4v) is 0.949. The molecule has 3 N–H and O–H groups in total. The van der Waals surface area contributed by atoms with Crippen molar-refractivity contribution in [3.63, 3.8) is 0 Å². The molecule has 0 fully saturated rings. The van der Waals surface area contributed by atoms with Gasteiger partial charge in [0.15, 0.2) is 0 Å². The van der Waals surface area contributed by atoms with E-state index in [4.69, 9.17) is 15.6 Å². The van der Waals surface area contributed by atoms with E-state index in [1.807, 2.05) is 6.92 Å². The van der Waals surface area contributed by atoms with E-state index in [-0.39, 0.29) is 6.10 Å². The van der Waals surface area contributed by atoms with Crippen LogP contribution in [-0.4, -0.2) is 29.3 Å². The van der Waals surface area contributed by atoms with E-state index in [2.05, 4.69) is 0 Å². The third kappa shape index (κ3) is 1.78. The number of nitrogens with two attached hydrogens (primary N) is 1. The summed E-state index contributed by atoms with van der Waals surface area (Å²) >= 11 is 0. The van der Waals surface area contributed by atoms with E-state index >= 15 is 0 Å². The first-order chi connectivity index (χ1) is 5.11. The zero-order valence-electron chi connectivity index (χ0n) is 6.23. The maximum absolute atomic E-state index is 10.4. The van der Waals surface area contributed by atoms with Crippen LogP contribution in [0.4, 0.5) is 0 Å². The summed E-state index contributed by atoms with van der Waals surface area (Å²) < 4.78 is 5.17. The number of rotatable bonds is 2.